The Morgan fingerprint density at radius 2 is 1.63 bits per heavy atom. The van der Waals surface area contributed by atoms with Crippen LogP contribution >= 0.6 is 0 Å². The lowest BCUT2D eigenvalue weighted by Gasteiger charge is -2.29. The van der Waals surface area contributed by atoms with Gasteiger partial charge in [-0.05, 0) is 43.9 Å². The van der Waals surface area contributed by atoms with Gasteiger partial charge in [-0.2, -0.15) is 31.4 Å². The summed E-state index contributed by atoms with van der Waals surface area (Å²) in [5, 5.41) is 6.13. The van der Waals surface area contributed by atoms with Crippen molar-refractivity contribution in [3.05, 3.63) is 52.5 Å². The van der Waals surface area contributed by atoms with Crippen molar-refractivity contribution in [1.82, 2.24) is 9.78 Å². The fourth-order valence-corrected chi connectivity index (χ4v) is 3.97. The van der Waals surface area contributed by atoms with Crippen LogP contribution in [0.3, 0.4) is 0 Å². The summed E-state index contributed by atoms with van der Waals surface area (Å²) in [6.45, 7) is 2.63. The molecular formula is C22H19F6N3O4. The van der Waals surface area contributed by atoms with Crippen LogP contribution < -0.4 is 5.32 Å². The summed E-state index contributed by atoms with van der Waals surface area (Å²) in [6, 6.07) is 2.34. The van der Waals surface area contributed by atoms with Crippen LogP contribution in [0.1, 0.15) is 49.2 Å². The second-order valence-electron chi connectivity index (χ2n) is 8.50. The maximum absolute atomic E-state index is 13.6. The molecule has 0 saturated carbocycles. The molecule has 2 heterocycles. The molecule has 7 nitrogen and oxygen atoms in total. The van der Waals surface area contributed by atoms with Crippen molar-refractivity contribution in [2.24, 2.45) is 0 Å². The van der Waals surface area contributed by atoms with Crippen molar-refractivity contribution in [2.75, 3.05) is 5.32 Å². The molecule has 1 aliphatic heterocycles. The summed E-state index contributed by atoms with van der Waals surface area (Å²) in [6.07, 6.45) is -7.26. The van der Waals surface area contributed by atoms with E-state index < -0.39 is 46.9 Å². The molecule has 1 saturated heterocycles. The Balaban J connectivity index is 1.82. The number of carbonyl (C=O) groups is 2. The smallest absolute Gasteiger partial charge is 0.419 e. The summed E-state index contributed by atoms with van der Waals surface area (Å²) in [7, 11) is 0. The molecular weight excluding hydrogens is 484 g/mol. The Hall–Kier alpha value is -3.51. The lowest BCUT2D eigenvalue weighted by Crippen LogP contribution is -2.42. The first-order valence-corrected chi connectivity index (χ1v) is 10.5. The Labute approximate surface area is 194 Å². The molecule has 35 heavy (non-hydrogen) atoms. The van der Waals surface area contributed by atoms with Crippen molar-refractivity contribution >= 4 is 17.6 Å². The molecule has 13 heteroatoms. The maximum Gasteiger partial charge on any atom is 0.435 e. The highest BCUT2D eigenvalue weighted by molar-refractivity contribution is 6.15. The fraction of sp³-hybridized carbons (Fsp3) is 0.409. The van der Waals surface area contributed by atoms with Crippen molar-refractivity contribution in [3.63, 3.8) is 0 Å². The molecule has 1 fully saturated rings. The predicted octanol–water partition coefficient (Wildman–Crippen LogP) is 4.92. The number of cyclic esters (lactones) is 2. The zero-order valence-corrected chi connectivity index (χ0v) is 18.4. The number of alkyl halides is 6. The second-order valence-corrected chi connectivity index (χ2v) is 8.50. The summed E-state index contributed by atoms with van der Waals surface area (Å²) in [5.74, 6) is -3.69. The number of carbonyl (C=O) groups excluding carboxylic acids is 2. The maximum atomic E-state index is 13.6. The number of esters is 2. The number of hydrogen-bond donors (Lipinski definition) is 1. The number of nitrogens with zero attached hydrogens (tertiary/aromatic N) is 2. The van der Waals surface area contributed by atoms with Crippen molar-refractivity contribution < 1.29 is 45.4 Å². The van der Waals surface area contributed by atoms with E-state index in [0.29, 0.717) is 25.0 Å². The molecule has 1 aromatic heterocycles. The van der Waals surface area contributed by atoms with E-state index in [1.807, 2.05) is 0 Å². The van der Waals surface area contributed by atoms with Gasteiger partial charge in [0.25, 0.3) is 5.79 Å². The first-order chi connectivity index (χ1) is 16.2. The minimum absolute atomic E-state index is 0.00498. The normalized spacial score (nSPS) is 18.0. The van der Waals surface area contributed by atoms with Gasteiger partial charge in [0.15, 0.2) is 11.3 Å². The van der Waals surface area contributed by atoms with Gasteiger partial charge in [-0.1, -0.05) is 0 Å². The van der Waals surface area contributed by atoms with Crippen molar-refractivity contribution in [3.8, 4) is 5.69 Å². The fourth-order valence-electron chi connectivity index (χ4n) is 3.97. The van der Waals surface area contributed by atoms with Crippen LogP contribution in [-0.2, 0) is 44.3 Å². The van der Waals surface area contributed by atoms with E-state index in [-0.39, 0.29) is 35.5 Å². The highest BCUT2D eigenvalue weighted by atomic mass is 19.4. The minimum Gasteiger partial charge on any atom is -0.419 e. The van der Waals surface area contributed by atoms with Crippen LogP contribution in [0.4, 0.5) is 32.0 Å². The molecule has 0 radical (unpaired) electrons. The molecule has 1 aromatic carbocycles. The van der Waals surface area contributed by atoms with Crippen LogP contribution in [0.2, 0.25) is 0 Å². The molecule has 188 valence electrons. The van der Waals surface area contributed by atoms with Gasteiger partial charge in [0.2, 0.25) is 0 Å². The van der Waals surface area contributed by atoms with Crippen molar-refractivity contribution in [1.29, 1.82) is 0 Å². The van der Waals surface area contributed by atoms with Gasteiger partial charge in [0, 0.05) is 31.3 Å². The van der Waals surface area contributed by atoms with Crippen LogP contribution in [0.25, 0.3) is 5.69 Å². The van der Waals surface area contributed by atoms with Gasteiger partial charge in [-0.3, -0.25) is 0 Å². The average Bonchev–Trinajstić information content (AvgIpc) is 3.11. The van der Waals surface area contributed by atoms with E-state index in [0.717, 1.165) is 16.9 Å². The number of hydrogen-bond acceptors (Lipinski definition) is 6. The molecule has 0 spiro atoms. The van der Waals surface area contributed by atoms with Gasteiger partial charge in [0.05, 0.1) is 16.9 Å². The number of rotatable bonds is 3. The van der Waals surface area contributed by atoms with E-state index in [1.54, 1.807) is 0 Å². The highest BCUT2D eigenvalue weighted by Crippen LogP contribution is 2.39. The van der Waals surface area contributed by atoms with Gasteiger partial charge in [-0.15, -0.1) is 0 Å². The number of ether oxygens (including phenoxy) is 2. The quantitative estimate of drug-likeness (QED) is 0.277. The largest absolute Gasteiger partial charge is 0.435 e. The van der Waals surface area contributed by atoms with Crippen LogP contribution in [-0.4, -0.2) is 27.5 Å². The molecule has 0 unspecified atom stereocenters. The topological polar surface area (TPSA) is 82.5 Å². The second kappa shape index (κ2) is 8.31. The van der Waals surface area contributed by atoms with Gasteiger partial charge < -0.3 is 14.8 Å². The Kier molecular flexibility index (Phi) is 5.84. The number of nitrogens with one attached hydrogen (secondary N) is 1. The van der Waals surface area contributed by atoms with Crippen LogP contribution in [0, 0.1) is 0 Å². The van der Waals surface area contributed by atoms with E-state index in [2.05, 4.69) is 10.4 Å². The molecule has 0 atom stereocenters. The van der Waals surface area contributed by atoms with Gasteiger partial charge in [-0.25, -0.2) is 14.3 Å². The van der Waals surface area contributed by atoms with E-state index in [1.165, 1.54) is 13.8 Å². The number of aromatic nitrogens is 2. The zero-order valence-electron chi connectivity index (χ0n) is 18.4. The predicted molar refractivity (Wildman–Crippen MR) is 108 cm³/mol. The standard InChI is InChI=1S/C22H19F6N3O4/c1-20(2)34-18(32)13(19(33)35-20)10-29-14-9-11(21(23,24)25)7-8-16(14)31-15-6-4-3-5-12(15)17(30-31)22(26,27)28/h7-10,29H,3-6H2,1-2H3. The first kappa shape index (κ1) is 24.6. The van der Waals surface area contributed by atoms with Gasteiger partial charge in [0.1, 0.15) is 0 Å². The molecule has 0 bridgehead atoms. The Morgan fingerprint density at radius 3 is 2.23 bits per heavy atom. The molecule has 1 aliphatic carbocycles. The Morgan fingerprint density at radius 1 is 1.00 bits per heavy atom. The molecule has 1 N–H and O–H groups in total. The van der Waals surface area contributed by atoms with Crippen LogP contribution in [0.5, 0.6) is 0 Å². The van der Waals surface area contributed by atoms with E-state index in [4.69, 9.17) is 9.47 Å². The van der Waals surface area contributed by atoms with E-state index >= 15 is 0 Å². The summed E-state index contributed by atoms with van der Waals surface area (Å²) in [5.41, 5.74) is -3.06. The number of benzene rings is 1. The molecule has 2 aliphatic rings. The third-order valence-electron chi connectivity index (χ3n) is 5.49. The number of anilines is 1. The third kappa shape index (κ3) is 4.84. The number of fused-ring (bicyclic) bond motifs is 1. The van der Waals surface area contributed by atoms with Gasteiger partial charge >= 0.3 is 24.3 Å². The lowest BCUT2D eigenvalue weighted by molar-refractivity contribution is -0.222. The molecule has 4 rings (SSSR count). The highest BCUT2D eigenvalue weighted by Gasteiger charge is 2.41. The SMILES string of the molecule is CC1(C)OC(=O)C(=CNc2cc(C(F)(F)F)ccc2-n2nc(C(F)(F)F)c3c2CCCC3)C(=O)O1. The van der Waals surface area contributed by atoms with Crippen molar-refractivity contribution in [2.45, 2.75) is 57.7 Å². The zero-order chi connectivity index (χ0) is 25.8. The van der Waals surface area contributed by atoms with E-state index in [9.17, 15) is 35.9 Å². The minimum atomic E-state index is -4.77. The monoisotopic (exact) mass is 503 g/mol. The molecule has 0 amide bonds. The molecule has 2 aromatic rings. The number of halogens is 6. The third-order valence-corrected chi connectivity index (χ3v) is 5.49. The summed E-state index contributed by atoms with van der Waals surface area (Å²) < 4.78 is 91.8. The Bertz CT molecular complexity index is 1210. The average molecular weight is 503 g/mol. The summed E-state index contributed by atoms with van der Waals surface area (Å²) >= 11 is 0. The van der Waals surface area contributed by atoms with Crippen LogP contribution in [0.15, 0.2) is 30.0 Å². The summed E-state index contributed by atoms with van der Waals surface area (Å²) in [4.78, 5) is 24.3. The lowest BCUT2D eigenvalue weighted by atomic mass is 9.95. The first-order valence-electron chi connectivity index (χ1n) is 10.5.